The Balaban J connectivity index is 2.24. The second-order valence-electron chi connectivity index (χ2n) is 5.98. The molecule has 0 fully saturated rings. The van der Waals surface area contributed by atoms with E-state index in [9.17, 15) is 0 Å². The van der Waals surface area contributed by atoms with Gasteiger partial charge in [-0.25, -0.2) is 0 Å². The third kappa shape index (κ3) is 3.98. The zero-order chi connectivity index (χ0) is 15.2. The van der Waals surface area contributed by atoms with E-state index in [4.69, 9.17) is 5.73 Å². The average molecular weight is 284 g/mol. The van der Waals surface area contributed by atoms with Crippen LogP contribution in [0.15, 0.2) is 36.4 Å². The minimum absolute atomic E-state index is 0.599. The predicted molar refractivity (Wildman–Crippen MR) is 93.4 cm³/mol. The molecule has 114 valence electrons. The third-order valence-corrected chi connectivity index (χ3v) is 4.39. The quantitative estimate of drug-likeness (QED) is 0.738. The van der Waals surface area contributed by atoms with Crippen LogP contribution in [0, 0.1) is 0 Å². The van der Waals surface area contributed by atoms with Crippen LogP contribution in [-0.2, 0) is 6.54 Å². The normalized spacial score (nSPS) is 13.0. The van der Waals surface area contributed by atoms with Gasteiger partial charge in [0.25, 0.3) is 0 Å². The minimum atomic E-state index is 0.599. The van der Waals surface area contributed by atoms with E-state index >= 15 is 0 Å². The summed E-state index contributed by atoms with van der Waals surface area (Å²) < 4.78 is 0. The fourth-order valence-corrected chi connectivity index (χ4v) is 2.74. The summed E-state index contributed by atoms with van der Waals surface area (Å²) in [5.74, 6) is 0. The highest BCUT2D eigenvalue weighted by Crippen LogP contribution is 2.24. The summed E-state index contributed by atoms with van der Waals surface area (Å²) in [6, 6.07) is 13.4. The van der Waals surface area contributed by atoms with Crippen LogP contribution in [0.5, 0.6) is 0 Å². The van der Waals surface area contributed by atoms with Crippen LogP contribution in [0.1, 0.15) is 45.6 Å². The Kier molecular flexibility index (Phi) is 5.63. The monoisotopic (exact) mass is 284 g/mol. The zero-order valence-electron chi connectivity index (χ0n) is 13.6. The standard InChI is InChI=1S/C19H28N2/c1-4-6-11-21(15(3)5-2)14-18-12-16-9-7-8-10-17(16)13-19(18)20/h7-10,12-13,15H,4-6,11,14,20H2,1-3H3. The molecular formula is C19H28N2. The van der Waals surface area contributed by atoms with Crippen LogP contribution in [0.4, 0.5) is 5.69 Å². The maximum Gasteiger partial charge on any atom is 0.0366 e. The van der Waals surface area contributed by atoms with Gasteiger partial charge < -0.3 is 5.73 Å². The van der Waals surface area contributed by atoms with Gasteiger partial charge in [-0.3, -0.25) is 4.90 Å². The molecule has 2 aromatic carbocycles. The van der Waals surface area contributed by atoms with Crippen molar-refractivity contribution in [1.82, 2.24) is 4.90 Å². The number of rotatable bonds is 7. The van der Waals surface area contributed by atoms with E-state index in [1.807, 2.05) is 0 Å². The molecule has 1 unspecified atom stereocenters. The van der Waals surface area contributed by atoms with Gasteiger partial charge in [0.1, 0.15) is 0 Å². The second-order valence-corrected chi connectivity index (χ2v) is 5.98. The van der Waals surface area contributed by atoms with Crippen LogP contribution >= 0.6 is 0 Å². The first-order chi connectivity index (χ1) is 10.2. The molecule has 0 aliphatic carbocycles. The van der Waals surface area contributed by atoms with E-state index in [0.29, 0.717) is 6.04 Å². The smallest absolute Gasteiger partial charge is 0.0366 e. The van der Waals surface area contributed by atoms with Crippen molar-refractivity contribution >= 4 is 16.5 Å². The van der Waals surface area contributed by atoms with Gasteiger partial charge in [0.05, 0.1) is 0 Å². The lowest BCUT2D eigenvalue weighted by atomic mass is 10.0. The fraction of sp³-hybridized carbons (Fsp3) is 0.474. The molecule has 0 aliphatic rings. The van der Waals surface area contributed by atoms with Gasteiger partial charge >= 0.3 is 0 Å². The SMILES string of the molecule is CCCCN(Cc1cc2ccccc2cc1N)C(C)CC. The maximum absolute atomic E-state index is 6.28. The van der Waals surface area contributed by atoms with Crippen molar-refractivity contribution in [3.05, 3.63) is 42.0 Å². The third-order valence-electron chi connectivity index (χ3n) is 4.39. The number of anilines is 1. The van der Waals surface area contributed by atoms with Gasteiger partial charge in [-0.15, -0.1) is 0 Å². The average Bonchev–Trinajstić information content (AvgIpc) is 2.51. The van der Waals surface area contributed by atoms with E-state index in [-0.39, 0.29) is 0 Å². The molecule has 2 heteroatoms. The molecule has 0 bridgehead atoms. The predicted octanol–water partition coefficient (Wildman–Crippen LogP) is 4.82. The van der Waals surface area contributed by atoms with Gasteiger partial charge in [-0.05, 0) is 54.8 Å². The Morgan fingerprint density at radius 3 is 2.38 bits per heavy atom. The Labute approximate surface area is 128 Å². The van der Waals surface area contributed by atoms with Gasteiger partial charge in [0.2, 0.25) is 0 Å². The highest BCUT2D eigenvalue weighted by atomic mass is 15.1. The summed E-state index contributed by atoms with van der Waals surface area (Å²) in [4.78, 5) is 2.56. The first-order valence-corrected chi connectivity index (χ1v) is 8.16. The van der Waals surface area contributed by atoms with Crippen molar-refractivity contribution in [1.29, 1.82) is 0 Å². The molecule has 0 aliphatic heterocycles. The lowest BCUT2D eigenvalue weighted by Crippen LogP contribution is -2.33. The van der Waals surface area contributed by atoms with E-state index in [2.05, 4.69) is 62.1 Å². The summed E-state index contributed by atoms with van der Waals surface area (Å²) in [7, 11) is 0. The van der Waals surface area contributed by atoms with Gasteiger partial charge in [0, 0.05) is 18.3 Å². The van der Waals surface area contributed by atoms with Crippen LogP contribution in [0.2, 0.25) is 0 Å². The Morgan fingerprint density at radius 2 is 1.76 bits per heavy atom. The van der Waals surface area contributed by atoms with Gasteiger partial charge in [-0.2, -0.15) is 0 Å². The minimum Gasteiger partial charge on any atom is -0.398 e. The number of unbranched alkanes of at least 4 members (excludes halogenated alkanes) is 1. The number of hydrogen-bond acceptors (Lipinski definition) is 2. The number of hydrogen-bond donors (Lipinski definition) is 1. The summed E-state index contributed by atoms with van der Waals surface area (Å²) in [5.41, 5.74) is 8.45. The molecule has 0 amide bonds. The Hall–Kier alpha value is -1.54. The largest absolute Gasteiger partial charge is 0.398 e. The zero-order valence-corrected chi connectivity index (χ0v) is 13.6. The molecule has 0 aromatic heterocycles. The van der Waals surface area contributed by atoms with E-state index < -0.39 is 0 Å². The van der Waals surface area contributed by atoms with Gasteiger partial charge in [0.15, 0.2) is 0 Å². The van der Waals surface area contributed by atoms with Crippen molar-refractivity contribution in [2.45, 2.75) is 52.6 Å². The summed E-state index contributed by atoms with van der Waals surface area (Å²) >= 11 is 0. The maximum atomic E-state index is 6.28. The molecule has 2 nitrogen and oxygen atoms in total. The van der Waals surface area contributed by atoms with Crippen molar-refractivity contribution < 1.29 is 0 Å². The molecule has 21 heavy (non-hydrogen) atoms. The molecule has 0 radical (unpaired) electrons. The first-order valence-electron chi connectivity index (χ1n) is 8.16. The van der Waals surface area contributed by atoms with Crippen molar-refractivity contribution in [2.24, 2.45) is 0 Å². The van der Waals surface area contributed by atoms with Crippen LogP contribution in [0.3, 0.4) is 0 Å². The molecule has 0 saturated heterocycles. The highest BCUT2D eigenvalue weighted by Gasteiger charge is 2.14. The van der Waals surface area contributed by atoms with Crippen LogP contribution in [-0.4, -0.2) is 17.5 Å². The first kappa shape index (κ1) is 15.8. The molecule has 2 aromatic rings. The summed E-state index contributed by atoms with van der Waals surface area (Å²) in [5, 5.41) is 2.50. The summed E-state index contributed by atoms with van der Waals surface area (Å²) in [6.07, 6.45) is 3.66. The Morgan fingerprint density at radius 1 is 1.10 bits per heavy atom. The second kappa shape index (κ2) is 7.46. The molecule has 0 spiro atoms. The number of nitrogens with zero attached hydrogens (tertiary/aromatic N) is 1. The highest BCUT2D eigenvalue weighted by molar-refractivity contribution is 5.86. The van der Waals surface area contributed by atoms with E-state index in [1.54, 1.807) is 0 Å². The molecule has 0 heterocycles. The molecular weight excluding hydrogens is 256 g/mol. The number of nitrogen functional groups attached to an aromatic ring is 1. The number of nitrogens with two attached hydrogens (primary N) is 1. The van der Waals surface area contributed by atoms with Crippen molar-refractivity contribution in [3.8, 4) is 0 Å². The molecule has 1 atom stereocenters. The fourth-order valence-electron chi connectivity index (χ4n) is 2.74. The molecule has 0 saturated carbocycles. The topological polar surface area (TPSA) is 29.3 Å². The molecule has 2 N–H and O–H groups in total. The Bertz CT molecular complexity index is 577. The lowest BCUT2D eigenvalue weighted by Gasteiger charge is -2.29. The summed E-state index contributed by atoms with van der Waals surface area (Å²) in [6.45, 7) is 8.92. The van der Waals surface area contributed by atoms with Crippen molar-refractivity contribution in [2.75, 3.05) is 12.3 Å². The number of fused-ring (bicyclic) bond motifs is 1. The van der Waals surface area contributed by atoms with E-state index in [1.165, 1.54) is 35.6 Å². The van der Waals surface area contributed by atoms with E-state index in [0.717, 1.165) is 18.8 Å². The van der Waals surface area contributed by atoms with Gasteiger partial charge in [-0.1, -0.05) is 44.5 Å². The van der Waals surface area contributed by atoms with Crippen LogP contribution < -0.4 is 5.73 Å². The van der Waals surface area contributed by atoms with Crippen molar-refractivity contribution in [3.63, 3.8) is 0 Å². The number of benzene rings is 2. The lowest BCUT2D eigenvalue weighted by molar-refractivity contribution is 0.192. The molecule has 2 rings (SSSR count). The van der Waals surface area contributed by atoms with Crippen LogP contribution in [0.25, 0.3) is 10.8 Å².